The van der Waals surface area contributed by atoms with Crippen molar-refractivity contribution in [1.82, 2.24) is 9.97 Å². The molecule has 16 heavy (non-hydrogen) atoms. The number of nitrogens with zero attached hydrogens (tertiary/aromatic N) is 2. The van der Waals surface area contributed by atoms with Gasteiger partial charge in [-0.2, -0.15) is 0 Å². The van der Waals surface area contributed by atoms with Crippen LogP contribution in [-0.2, 0) is 0 Å². The summed E-state index contributed by atoms with van der Waals surface area (Å²) < 4.78 is 1.56. The van der Waals surface area contributed by atoms with Gasteiger partial charge < -0.3 is 11.5 Å². The summed E-state index contributed by atoms with van der Waals surface area (Å²) in [6.07, 6.45) is 3.33. The van der Waals surface area contributed by atoms with Crippen molar-refractivity contribution in [3.8, 4) is 0 Å². The molecule has 84 valence electrons. The molecule has 0 spiro atoms. The number of hydrogen-bond acceptors (Lipinski definition) is 4. The van der Waals surface area contributed by atoms with Crippen LogP contribution in [-0.4, -0.2) is 9.97 Å². The van der Waals surface area contributed by atoms with Crippen LogP contribution in [0.2, 0.25) is 0 Å². The number of halogens is 2. The molecule has 2 rings (SSSR count). The maximum atomic E-state index is 5.41. The van der Waals surface area contributed by atoms with E-state index >= 15 is 0 Å². The molecule has 2 aromatic rings. The molecule has 4 N–H and O–H groups in total. The summed E-state index contributed by atoms with van der Waals surface area (Å²) in [5.41, 5.74) is 11.4. The molecule has 0 radical (unpaired) electrons. The maximum absolute atomic E-state index is 5.41. The van der Waals surface area contributed by atoms with E-state index in [1.165, 1.54) is 0 Å². The van der Waals surface area contributed by atoms with E-state index in [0.717, 1.165) is 4.47 Å². The fourth-order valence-electron chi connectivity index (χ4n) is 0.796. The van der Waals surface area contributed by atoms with Crippen molar-refractivity contribution in [2.24, 2.45) is 0 Å². The molecule has 0 aliphatic heterocycles. The van der Waals surface area contributed by atoms with E-state index in [1.54, 1.807) is 24.5 Å². The molecule has 6 heteroatoms. The summed E-state index contributed by atoms with van der Waals surface area (Å²) in [7, 11) is 0. The summed E-state index contributed by atoms with van der Waals surface area (Å²) in [4.78, 5) is 7.68. The van der Waals surface area contributed by atoms with Crippen LogP contribution in [0.15, 0.2) is 45.7 Å². The lowest BCUT2D eigenvalue weighted by Crippen LogP contribution is -1.88. The summed E-state index contributed by atoms with van der Waals surface area (Å²) >= 11 is 6.37. The van der Waals surface area contributed by atoms with E-state index in [4.69, 9.17) is 11.5 Å². The van der Waals surface area contributed by atoms with Gasteiger partial charge in [0, 0.05) is 12.4 Å². The first-order valence-electron chi connectivity index (χ1n) is 4.33. The van der Waals surface area contributed by atoms with E-state index in [2.05, 4.69) is 41.8 Å². The molecular formula is C10H10Br2N4. The summed E-state index contributed by atoms with van der Waals surface area (Å²) in [5, 5.41) is 0. The number of rotatable bonds is 0. The van der Waals surface area contributed by atoms with Gasteiger partial charge in [0.15, 0.2) is 0 Å². The van der Waals surface area contributed by atoms with Crippen LogP contribution in [0.5, 0.6) is 0 Å². The lowest BCUT2D eigenvalue weighted by Gasteiger charge is -1.90. The third-order valence-corrected chi connectivity index (χ3v) is 2.91. The smallest absolute Gasteiger partial charge is 0.137 e. The van der Waals surface area contributed by atoms with E-state index in [9.17, 15) is 0 Å². The minimum atomic E-state index is 0.535. The van der Waals surface area contributed by atoms with Crippen molar-refractivity contribution >= 4 is 43.4 Å². The predicted molar refractivity (Wildman–Crippen MR) is 72.7 cm³/mol. The van der Waals surface area contributed by atoms with Gasteiger partial charge >= 0.3 is 0 Å². The summed E-state index contributed by atoms with van der Waals surface area (Å²) in [5.74, 6) is 0.535. The highest BCUT2D eigenvalue weighted by atomic mass is 79.9. The topological polar surface area (TPSA) is 77.8 Å². The van der Waals surface area contributed by atoms with Crippen molar-refractivity contribution in [3.63, 3.8) is 0 Å². The summed E-state index contributed by atoms with van der Waals surface area (Å²) in [6.45, 7) is 0. The van der Waals surface area contributed by atoms with Gasteiger partial charge in [0.1, 0.15) is 10.4 Å². The van der Waals surface area contributed by atoms with Crippen LogP contribution in [0.25, 0.3) is 0 Å². The van der Waals surface area contributed by atoms with Crippen molar-refractivity contribution in [1.29, 1.82) is 0 Å². The molecule has 0 saturated carbocycles. The molecule has 0 saturated heterocycles. The van der Waals surface area contributed by atoms with Crippen molar-refractivity contribution in [2.75, 3.05) is 11.5 Å². The highest BCUT2D eigenvalue weighted by molar-refractivity contribution is 9.10. The first-order valence-corrected chi connectivity index (χ1v) is 5.92. The Hall–Kier alpha value is -1.14. The SMILES string of the molecule is Nc1cccnc1Br.Nc1ncccc1Br. The largest absolute Gasteiger partial charge is 0.397 e. The van der Waals surface area contributed by atoms with Crippen molar-refractivity contribution < 1.29 is 0 Å². The maximum Gasteiger partial charge on any atom is 0.137 e. The Morgan fingerprint density at radius 2 is 1.56 bits per heavy atom. The van der Waals surface area contributed by atoms with E-state index < -0.39 is 0 Å². The van der Waals surface area contributed by atoms with Crippen LogP contribution < -0.4 is 11.5 Å². The monoisotopic (exact) mass is 344 g/mol. The van der Waals surface area contributed by atoms with Gasteiger partial charge in [-0.15, -0.1) is 0 Å². The second-order valence-electron chi connectivity index (χ2n) is 2.75. The van der Waals surface area contributed by atoms with Crippen molar-refractivity contribution in [2.45, 2.75) is 0 Å². The molecule has 0 unspecified atom stereocenters. The zero-order valence-corrected chi connectivity index (χ0v) is 11.4. The van der Waals surface area contributed by atoms with Crippen LogP contribution in [0.4, 0.5) is 11.5 Å². The Morgan fingerprint density at radius 1 is 0.938 bits per heavy atom. The molecule has 0 atom stereocenters. The van der Waals surface area contributed by atoms with Crippen molar-refractivity contribution in [3.05, 3.63) is 45.7 Å². The molecule has 2 heterocycles. The molecule has 0 aliphatic rings. The molecule has 0 amide bonds. The highest BCUT2D eigenvalue weighted by Gasteiger charge is 1.89. The third-order valence-electron chi connectivity index (χ3n) is 1.57. The second-order valence-corrected chi connectivity index (χ2v) is 4.36. The Kier molecular flexibility index (Phi) is 5.21. The number of nitrogen functional groups attached to an aromatic ring is 2. The number of pyridine rings is 2. The summed E-state index contributed by atoms with van der Waals surface area (Å²) in [6, 6.07) is 7.25. The van der Waals surface area contributed by atoms with Gasteiger partial charge in [0.25, 0.3) is 0 Å². The quantitative estimate of drug-likeness (QED) is 0.719. The zero-order valence-electron chi connectivity index (χ0n) is 8.27. The van der Waals surface area contributed by atoms with E-state index in [0.29, 0.717) is 16.1 Å². The van der Waals surface area contributed by atoms with Crippen LogP contribution >= 0.6 is 31.9 Å². The minimum absolute atomic E-state index is 0.535. The van der Waals surface area contributed by atoms with Gasteiger partial charge in [0.05, 0.1) is 10.2 Å². The predicted octanol–water partition coefficient (Wildman–Crippen LogP) is 2.85. The number of hydrogen-bond donors (Lipinski definition) is 2. The standard InChI is InChI=1S/2C5H5BrN2/c6-5-4(7)2-1-3-8-5;6-4-2-1-3-8-5(4)7/h1-3H,7H2;1-3H,(H2,7,8). The fraction of sp³-hybridized carbons (Fsp3) is 0. The molecule has 0 aromatic carbocycles. The van der Waals surface area contributed by atoms with Gasteiger partial charge in [-0.3, -0.25) is 0 Å². The fourth-order valence-corrected chi connectivity index (χ4v) is 1.30. The molecule has 0 fully saturated rings. The minimum Gasteiger partial charge on any atom is -0.397 e. The second kappa shape index (κ2) is 6.44. The molecule has 4 nitrogen and oxygen atoms in total. The number of aromatic nitrogens is 2. The number of anilines is 2. The lowest BCUT2D eigenvalue weighted by molar-refractivity contribution is 1.28. The van der Waals surface area contributed by atoms with Crippen LogP contribution in [0.3, 0.4) is 0 Å². The Labute approximate surface area is 110 Å². The normalized spacial score (nSPS) is 9.12. The van der Waals surface area contributed by atoms with E-state index in [-0.39, 0.29) is 0 Å². The zero-order chi connectivity index (χ0) is 12.0. The first-order chi connectivity index (χ1) is 7.61. The Bertz CT molecular complexity index is 377. The average molecular weight is 346 g/mol. The van der Waals surface area contributed by atoms with Gasteiger partial charge in [0.2, 0.25) is 0 Å². The highest BCUT2D eigenvalue weighted by Crippen LogP contribution is 2.13. The molecule has 0 bridgehead atoms. The first kappa shape index (κ1) is 12.9. The lowest BCUT2D eigenvalue weighted by atomic mass is 10.4. The third kappa shape index (κ3) is 4.16. The Morgan fingerprint density at radius 3 is 1.94 bits per heavy atom. The molecular weight excluding hydrogens is 336 g/mol. The van der Waals surface area contributed by atoms with Gasteiger partial charge in [-0.05, 0) is 56.1 Å². The van der Waals surface area contributed by atoms with E-state index in [1.807, 2.05) is 12.1 Å². The molecule has 0 aliphatic carbocycles. The molecule has 2 aromatic heterocycles. The van der Waals surface area contributed by atoms with Crippen LogP contribution in [0.1, 0.15) is 0 Å². The van der Waals surface area contributed by atoms with Gasteiger partial charge in [-0.1, -0.05) is 0 Å². The van der Waals surface area contributed by atoms with Gasteiger partial charge in [-0.25, -0.2) is 9.97 Å². The number of nitrogens with two attached hydrogens (primary N) is 2. The average Bonchev–Trinajstić information content (AvgIpc) is 2.28. The van der Waals surface area contributed by atoms with Crippen LogP contribution in [0, 0.1) is 0 Å². The Balaban J connectivity index is 0.000000160.